The molecule has 8 rings (SSSR count). The topological polar surface area (TPSA) is 287 Å². The smallest absolute Gasteiger partial charge is 0.507 e. The summed E-state index contributed by atoms with van der Waals surface area (Å²) >= 11 is 0. The van der Waals surface area contributed by atoms with Gasteiger partial charge in [0.2, 0.25) is 0 Å². The number of carbonyl (C=O) groups excluding carboxylic acids is 3. The minimum atomic E-state index is -1.38. The molecule has 19 nitrogen and oxygen atoms in total. The third-order valence-corrected chi connectivity index (χ3v) is 8.35. The van der Waals surface area contributed by atoms with Gasteiger partial charge >= 0.3 is 40.8 Å². The Morgan fingerprint density at radius 3 is 1.15 bits per heavy atom. The van der Waals surface area contributed by atoms with Crippen LogP contribution in [0.15, 0.2) is 158 Å². The highest BCUT2D eigenvalue weighted by molar-refractivity contribution is 5.83. The molecule has 0 saturated heterocycles. The summed E-state index contributed by atoms with van der Waals surface area (Å²) in [6, 6.07) is 32.8. The predicted octanol–water partition coefficient (Wildman–Crippen LogP) is 8.26. The maximum Gasteiger partial charge on any atom is 0.508 e. The van der Waals surface area contributed by atoms with Crippen LogP contribution in [0.3, 0.4) is 0 Å². The van der Waals surface area contributed by atoms with Gasteiger partial charge in [0.1, 0.15) is 54.5 Å². The monoisotopic (exact) mass is 940 g/mol. The van der Waals surface area contributed by atoms with Crippen molar-refractivity contribution >= 4 is 67.9 Å². The number of fused-ring (bicyclic) bond motifs is 4. The van der Waals surface area contributed by atoms with Gasteiger partial charge in [-0.15, -0.1) is 0 Å². The fraction of sp³-hybridized carbons (Fsp3) is 0.184. The number of ether oxygens (including phenoxy) is 4. The van der Waals surface area contributed by atoms with Crippen LogP contribution in [0.2, 0.25) is 0 Å². The first kappa shape index (κ1) is 55.3. The van der Waals surface area contributed by atoms with Crippen molar-refractivity contribution in [1.82, 2.24) is 0 Å². The molecular weight excluding hydrogens is 893 g/mol. The molecule has 3 N–H and O–H groups in total. The van der Waals surface area contributed by atoms with Crippen molar-refractivity contribution < 1.29 is 71.1 Å². The Bertz CT molecular complexity index is 3090. The highest BCUT2D eigenvalue weighted by Crippen LogP contribution is 2.22. The number of hydrogen-bond donors (Lipinski definition) is 3. The Morgan fingerprint density at radius 1 is 0.500 bits per heavy atom. The zero-order valence-corrected chi connectivity index (χ0v) is 35.2. The molecule has 0 atom stereocenters. The summed E-state index contributed by atoms with van der Waals surface area (Å²) < 4.78 is 38.2. The van der Waals surface area contributed by atoms with Crippen LogP contribution in [-0.4, -0.2) is 53.1 Å². The minimum absolute atomic E-state index is 0. The number of carbonyl (C=O) groups is 4. The van der Waals surface area contributed by atoms with Gasteiger partial charge in [-0.3, -0.25) is 9.59 Å². The molecule has 0 fully saturated rings. The fourth-order valence-corrected chi connectivity index (χ4v) is 5.50. The third-order valence-electron chi connectivity index (χ3n) is 8.35. The molecule has 0 radical (unpaired) electrons. The lowest BCUT2D eigenvalue weighted by Crippen LogP contribution is -2.07. The zero-order chi connectivity index (χ0) is 48.2. The molecule has 0 aliphatic rings. The minimum Gasteiger partial charge on any atom is -0.507 e. The van der Waals surface area contributed by atoms with E-state index in [0.717, 1.165) is 16.8 Å². The second-order valence-electron chi connectivity index (χ2n) is 13.1. The first-order valence-electron chi connectivity index (χ1n) is 19.2. The molecule has 4 aromatic carbocycles. The number of aliphatic hydroxyl groups excluding tert-OH is 1. The van der Waals surface area contributed by atoms with Crippen molar-refractivity contribution in [2.24, 2.45) is 0 Å². The average Bonchev–Trinajstić information content (AvgIpc) is 3.29. The second kappa shape index (κ2) is 27.5. The lowest BCUT2D eigenvalue weighted by atomic mass is 10.1. The largest absolute Gasteiger partial charge is 0.508 e. The molecule has 0 unspecified atom stereocenters. The zero-order valence-electron chi connectivity index (χ0n) is 35.2. The normalized spacial score (nSPS) is 9.76. The molecule has 0 spiro atoms. The third kappa shape index (κ3) is 17.3. The SMILES string of the molecule is C.C.CC(=O)CO.CC(=O)OCc1cc(=O)oc2ccccc12.COC(=O)OCc1cc(=O)oc2ccccc12.O=C(O)OCc1cc(=O)oc2ccccc12.O=c1cc(O)c2ccccc2o1. The second-order valence-corrected chi connectivity index (χ2v) is 13.1. The van der Waals surface area contributed by atoms with E-state index in [2.05, 4.69) is 9.47 Å². The Morgan fingerprint density at radius 2 is 0.809 bits per heavy atom. The lowest BCUT2D eigenvalue weighted by Gasteiger charge is -2.05. The molecule has 358 valence electrons. The number of ketones is 1. The summed E-state index contributed by atoms with van der Waals surface area (Å²) in [6.45, 7) is 2.22. The fourth-order valence-electron chi connectivity index (χ4n) is 5.50. The number of esters is 1. The van der Waals surface area contributed by atoms with Crippen LogP contribution in [0, 0.1) is 0 Å². The molecule has 19 heteroatoms. The number of hydrogen-bond acceptors (Lipinski definition) is 18. The van der Waals surface area contributed by atoms with Crippen LogP contribution in [0.25, 0.3) is 43.9 Å². The van der Waals surface area contributed by atoms with Gasteiger partial charge in [-0.2, -0.15) is 0 Å². The van der Waals surface area contributed by atoms with Gasteiger partial charge in [0.05, 0.1) is 18.6 Å². The van der Waals surface area contributed by atoms with Crippen molar-refractivity contribution in [2.45, 2.75) is 48.5 Å². The summed E-state index contributed by atoms with van der Waals surface area (Å²) in [6.07, 6.45) is -2.17. The number of carboxylic acid groups (broad SMARTS) is 1. The van der Waals surface area contributed by atoms with Gasteiger partial charge < -0.3 is 51.9 Å². The van der Waals surface area contributed by atoms with E-state index in [1.807, 2.05) is 18.2 Å². The molecule has 0 aliphatic carbocycles. The van der Waals surface area contributed by atoms with E-state index in [1.165, 1.54) is 39.2 Å². The van der Waals surface area contributed by atoms with Crippen molar-refractivity contribution in [2.75, 3.05) is 13.7 Å². The summed E-state index contributed by atoms with van der Waals surface area (Å²) in [7, 11) is 1.22. The van der Waals surface area contributed by atoms with Crippen LogP contribution in [0.1, 0.15) is 45.4 Å². The highest BCUT2D eigenvalue weighted by Gasteiger charge is 2.10. The number of aromatic hydroxyl groups is 1. The molecule has 0 aliphatic heterocycles. The summed E-state index contributed by atoms with van der Waals surface area (Å²) in [5.41, 5.74) is 1.53. The van der Waals surface area contributed by atoms with Gasteiger partial charge in [0.15, 0.2) is 5.78 Å². The summed E-state index contributed by atoms with van der Waals surface area (Å²) in [5.74, 6) is -0.607. The van der Waals surface area contributed by atoms with Gasteiger partial charge in [-0.25, -0.2) is 28.8 Å². The van der Waals surface area contributed by atoms with E-state index in [-0.39, 0.29) is 58.8 Å². The maximum atomic E-state index is 11.3. The Hall–Kier alpha value is -8.84. The van der Waals surface area contributed by atoms with Gasteiger partial charge in [0, 0.05) is 58.0 Å². The van der Waals surface area contributed by atoms with E-state index in [9.17, 15) is 43.5 Å². The van der Waals surface area contributed by atoms with Crippen LogP contribution in [-0.2, 0) is 48.4 Å². The molecule has 0 bridgehead atoms. The molecular formula is C49H48O19. The van der Waals surface area contributed by atoms with Crippen molar-refractivity contribution in [1.29, 1.82) is 0 Å². The molecule has 0 amide bonds. The van der Waals surface area contributed by atoms with E-state index in [0.29, 0.717) is 49.8 Å². The van der Waals surface area contributed by atoms with Crippen LogP contribution in [0.5, 0.6) is 5.75 Å². The molecule has 8 aromatic rings. The lowest BCUT2D eigenvalue weighted by molar-refractivity contribution is -0.142. The molecule has 4 aromatic heterocycles. The van der Waals surface area contributed by atoms with Gasteiger partial charge in [0.25, 0.3) is 0 Å². The van der Waals surface area contributed by atoms with Crippen LogP contribution < -0.4 is 22.5 Å². The number of aliphatic hydroxyl groups is 1. The molecule has 0 saturated carbocycles. The predicted molar refractivity (Wildman–Crippen MR) is 248 cm³/mol. The van der Waals surface area contributed by atoms with E-state index in [1.54, 1.807) is 78.9 Å². The molecule has 4 heterocycles. The highest BCUT2D eigenvalue weighted by atomic mass is 16.7. The quantitative estimate of drug-likeness (QED) is 0.0769. The number of Topliss-reactive ketones (excluding diaryl/α,β-unsaturated/α-hetero) is 1. The Balaban J connectivity index is 0.000000300. The van der Waals surface area contributed by atoms with E-state index in [4.69, 9.17) is 37.4 Å². The first-order valence-corrected chi connectivity index (χ1v) is 19.2. The summed E-state index contributed by atoms with van der Waals surface area (Å²) in [4.78, 5) is 85.9. The first-order chi connectivity index (χ1) is 31.6. The standard InChI is InChI=1S/C12H10O5.C12H10O4.C11H8O5.C9H6O3.C3H6O2.2CH4/c1-15-12(14)16-7-8-6-11(13)17-10-5-3-2-4-9(8)10;1-8(13)15-7-9-6-12(14)16-11-5-3-2-4-10(9)11;12-10-5-7(6-15-11(13)14)8-3-1-2-4-9(8)16-10;10-7-5-9(11)12-8-4-2-1-3-6(7)8;1-3(5)2-4;;/h2-6H,7H2,1H3;2-6H,7H2,1H3;1-5H,6H2,(H,13,14);1-5,10H;4H,2H2,1H3;2*1H4. The van der Waals surface area contributed by atoms with Crippen LogP contribution in [0.4, 0.5) is 9.59 Å². The Kier molecular flexibility index (Phi) is 22.3. The number of rotatable bonds is 7. The Labute approximate surface area is 385 Å². The van der Waals surface area contributed by atoms with Crippen molar-refractivity contribution in [3.63, 3.8) is 0 Å². The maximum absolute atomic E-state index is 11.3. The van der Waals surface area contributed by atoms with Gasteiger partial charge in [-0.05, 0) is 37.3 Å². The summed E-state index contributed by atoms with van der Waals surface area (Å²) in [5, 5.41) is 28.2. The van der Waals surface area contributed by atoms with Gasteiger partial charge in [-0.1, -0.05) is 81.6 Å². The average molecular weight is 941 g/mol. The van der Waals surface area contributed by atoms with Crippen molar-refractivity contribution in [3.8, 4) is 5.75 Å². The number of benzene rings is 4. The van der Waals surface area contributed by atoms with Crippen LogP contribution >= 0.6 is 0 Å². The van der Waals surface area contributed by atoms with E-state index >= 15 is 0 Å². The van der Waals surface area contributed by atoms with E-state index < -0.39 is 34.8 Å². The number of methoxy groups -OCH3 is 1. The molecule has 68 heavy (non-hydrogen) atoms. The van der Waals surface area contributed by atoms with Crippen molar-refractivity contribution in [3.05, 3.63) is 180 Å². The number of para-hydroxylation sites is 4.